The van der Waals surface area contributed by atoms with Crippen LogP contribution in [0.2, 0.25) is 0 Å². The van der Waals surface area contributed by atoms with Crippen molar-refractivity contribution in [2.45, 2.75) is 52.1 Å². The van der Waals surface area contributed by atoms with Crippen molar-refractivity contribution in [3.05, 3.63) is 42.2 Å². The summed E-state index contributed by atoms with van der Waals surface area (Å²) in [6, 6.07) is 6.59. The van der Waals surface area contributed by atoms with Gasteiger partial charge in [0.2, 0.25) is 0 Å². The van der Waals surface area contributed by atoms with Crippen LogP contribution < -0.4 is 10.6 Å². The van der Waals surface area contributed by atoms with Crippen molar-refractivity contribution < 1.29 is 0 Å². The lowest BCUT2D eigenvalue weighted by molar-refractivity contribution is 0.273. The predicted octanol–water partition coefficient (Wildman–Crippen LogP) is 1.50. The van der Waals surface area contributed by atoms with Crippen LogP contribution in [0.4, 0.5) is 0 Å². The molecule has 0 spiro atoms. The second-order valence-electron chi connectivity index (χ2n) is 7.33. The molecule has 0 radical (unpaired) electrons. The van der Waals surface area contributed by atoms with Gasteiger partial charge in [0.05, 0.1) is 6.54 Å². The Kier molecular flexibility index (Phi) is 8.42. The highest BCUT2D eigenvalue weighted by molar-refractivity contribution is 5.79. The van der Waals surface area contributed by atoms with Crippen LogP contribution in [0.5, 0.6) is 0 Å². The molecule has 3 heterocycles. The Balaban J connectivity index is 1.53. The fourth-order valence-electron chi connectivity index (χ4n) is 3.78. The fraction of sp³-hybridized carbons (Fsp3) is 0.619. The van der Waals surface area contributed by atoms with Crippen LogP contribution in [0, 0.1) is 0 Å². The molecule has 1 unspecified atom stereocenters. The zero-order chi connectivity index (χ0) is 20.3. The molecular formula is C21H34N8. The number of hydrogen-bond acceptors (Lipinski definition) is 5. The van der Waals surface area contributed by atoms with Gasteiger partial charge in [-0.15, -0.1) is 10.2 Å². The molecule has 2 aromatic heterocycles. The van der Waals surface area contributed by atoms with E-state index < -0.39 is 0 Å². The van der Waals surface area contributed by atoms with E-state index in [1.165, 1.54) is 19.4 Å². The van der Waals surface area contributed by atoms with E-state index in [2.05, 4.69) is 55.2 Å². The Morgan fingerprint density at radius 1 is 1.24 bits per heavy atom. The van der Waals surface area contributed by atoms with Gasteiger partial charge in [-0.1, -0.05) is 19.9 Å². The first-order valence-corrected chi connectivity index (χ1v) is 10.8. The van der Waals surface area contributed by atoms with E-state index in [0.29, 0.717) is 6.04 Å². The van der Waals surface area contributed by atoms with Gasteiger partial charge in [-0.05, 0) is 38.1 Å². The Hall–Kier alpha value is -2.48. The summed E-state index contributed by atoms with van der Waals surface area (Å²) in [5.74, 6) is 1.88. The van der Waals surface area contributed by atoms with Gasteiger partial charge < -0.3 is 15.2 Å². The second kappa shape index (κ2) is 11.5. The lowest BCUT2D eigenvalue weighted by atomic mass is 10.2. The zero-order valence-corrected chi connectivity index (χ0v) is 17.7. The van der Waals surface area contributed by atoms with E-state index in [1.54, 1.807) is 6.33 Å². The summed E-state index contributed by atoms with van der Waals surface area (Å²) in [6.45, 7) is 9.86. The summed E-state index contributed by atoms with van der Waals surface area (Å²) in [4.78, 5) is 11.8. The van der Waals surface area contributed by atoms with Crippen molar-refractivity contribution in [3.63, 3.8) is 0 Å². The van der Waals surface area contributed by atoms with Crippen LogP contribution in [0.1, 0.15) is 38.2 Å². The molecule has 0 amide bonds. The van der Waals surface area contributed by atoms with Gasteiger partial charge in [0.15, 0.2) is 5.96 Å². The first-order valence-electron chi connectivity index (χ1n) is 10.8. The van der Waals surface area contributed by atoms with Crippen molar-refractivity contribution in [1.82, 2.24) is 35.3 Å². The van der Waals surface area contributed by atoms with E-state index in [4.69, 9.17) is 4.99 Å². The Morgan fingerprint density at radius 3 is 2.93 bits per heavy atom. The fourth-order valence-corrected chi connectivity index (χ4v) is 3.78. The maximum absolute atomic E-state index is 4.89. The number of pyridine rings is 1. The first-order chi connectivity index (χ1) is 14.3. The Morgan fingerprint density at radius 2 is 2.14 bits per heavy atom. The van der Waals surface area contributed by atoms with E-state index in [9.17, 15) is 0 Å². The average Bonchev–Trinajstić information content (AvgIpc) is 3.41. The highest BCUT2D eigenvalue weighted by Crippen LogP contribution is 2.16. The molecule has 1 saturated heterocycles. The van der Waals surface area contributed by atoms with Gasteiger partial charge in [0.1, 0.15) is 12.2 Å². The molecule has 1 atom stereocenters. The van der Waals surface area contributed by atoms with E-state index in [-0.39, 0.29) is 0 Å². The Labute approximate surface area is 173 Å². The van der Waals surface area contributed by atoms with Crippen molar-refractivity contribution in [3.8, 4) is 0 Å². The third-order valence-electron chi connectivity index (χ3n) is 5.42. The molecule has 158 valence electrons. The molecule has 0 bridgehead atoms. The smallest absolute Gasteiger partial charge is 0.191 e. The largest absolute Gasteiger partial charge is 0.356 e. The van der Waals surface area contributed by atoms with Gasteiger partial charge in [0.25, 0.3) is 0 Å². The molecule has 1 aliphatic heterocycles. The number of aromatic nitrogens is 4. The summed E-state index contributed by atoms with van der Waals surface area (Å²) < 4.78 is 2.09. The van der Waals surface area contributed by atoms with Crippen LogP contribution in [0.3, 0.4) is 0 Å². The van der Waals surface area contributed by atoms with Crippen LogP contribution in [-0.4, -0.2) is 69.4 Å². The van der Waals surface area contributed by atoms with Gasteiger partial charge in [0, 0.05) is 50.4 Å². The van der Waals surface area contributed by atoms with Crippen molar-refractivity contribution >= 4 is 5.96 Å². The summed E-state index contributed by atoms with van der Waals surface area (Å²) in [5.41, 5.74) is 1.09. The van der Waals surface area contributed by atoms with Crippen molar-refractivity contribution in [2.75, 3.05) is 32.7 Å². The van der Waals surface area contributed by atoms with Crippen LogP contribution in [0.25, 0.3) is 0 Å². The number of nitrogens with one attached hydrogen (secondary N) is 2. The molecular weight excluding hydrogens is 364 g/mol. The zero-order valence-electron chi connectivity index (χ0n) is 17.7. The van der Waals surface area contributed by atoms with E-state index in [1.807, 2.05) is 18.3 Å². The molecule has 2 N–H and O–H groups in total. The van der Waals surface area contributed by atoms with Crippen LogP contribution in [0.15, 0.2) is 35.7 Å². The number of hydrogen-bond donors (Lipinski definition) is 2. The molecule has 3 rings (SSSR count). The third-order valence-corrected chi connectivity index (χ3v) is 5.42. The maximum atomic E-state index is 4.89. The molecule has 8 heteroatoms. The average molecular weight is 399 g/mol. The molecule has 1 aliphatic rings. The minimum Gasteiger partial charge on any atom is -0.356 e. The SMILES string of the molecule is CCc1nncn1CCNC(=NCC1CCCN1CC)NCCc1ccccn1. The summed E-state index contributed by atoms with van der Waals surface area (Å²) in [7, 11) is 0. The highest BCUT2D eigenvalue weighted by atomic mass is 15.3. The molecule has 0 aromatic carbocycles. The minimum absolute atomic E-state index is 0.555. The number of likely N-dealkylation sites (N-methyl/N-ethyl adjacent to an activating group) is 1. The topological polar surface area (TPSA) is 83.3 Å². The normalized spacial score (nSPS) is 17.6. The standard InChI is InChI=1S/C21H34N8/c1-3-20-27-26-17-29(20)15-13-24-21(23-12-10-18-8-5-6-11-22-18)25-16-19-9-7-14-28(19)4-2/h5-6,8,11,17,19H,3-4,7,9-10,12-16H2,1-2H3,(H2,23,24,25). The third kappa shape index (κ3) is 6.52. The lowest BCUT2D eigenvalue weighted by Crippen LogP contribution is -2.41. The quantitative estimate of drug-likeness (QED) is 0.466. The first kappa shape index (κ1) is 21.2. The highest BCUT2D eigenvalue weighted by Gasteiger charge is 2.22. The minimum atomic E-state index is 0.555. The molecule has 2 aromatic rings. The number of guanidine groups is 1. The van der Waals surface area contributed by atoms with Gasteiger partial charge in [-0.3, -0.25) is 14.9 Å². The van der Waals surface area contributed by atoms with Crippen LogP contribution in [-0.2, 0) is 19.4 Å². The number of aliphatic imine (C=N–C) groups is 1. The molecule has 1 fully saturated rings. The number of nitrogens with zero attached hydrogens (tertiary/aromatic N) is 6. The van der Waals surface area contributed by atoms with Gasteiger partial charge in [-0.2, -0.15) is 0 Å². The van der Waals surface area contributed by atoms with Crippen molar-refractivity contribution in [1.29, 1.82) is 0 Å². The predicted molar refractivity (Wildman–Crippen MR) is 116 cm³/mol. The number of rotatable bonds is 10. The Bertz CT molecular complexity index is 742. The molecule has 8 nitrogen and oxygen atoms in total. The summed E-state index contributed by atoms with van der Waals surface area (Å²) in [5, 5.41) is 15.1. The lowest BCUT2D eigenvalue weighted by Gasteiger charge is -2.21. The van der Waals surface area contributed by atoms with E-state index in [0.717, 1.165) is 63.0 Å². The van der Waals surface area contributed by atoms with Gasteiger partial charge in [-0.25, -0.2) is 0 Å². The van der Waals surface area contributed by atoms with Gasteiger partial charge >= 0.3 is 0 Å². The monoisotopic (exact) mass is 398 g/mol. The summed E-state index contributed by atoms with van der Waals surface area (Å²) >= 11 is 0. The number of likely N-dealkylation sites (tertiary alicyclic amines) is 1. The molecule has 0 saturated carbocycles. The van der Waals surface area contributed by atoms with Crippen LogP contribution >= 0.6 is 0 Å². The molecule has 29 heavy (non-hydrogen) atoms. The molecule has 0 aliphatic carbocycles. The maximum Gasteiger partial charge on any atom is 0.191 e. The summed E-state index contributed by atoms with van der Waals surface area (Å²) in [6.07, 6.45) is 7.90. The number of aryl methyl sites for hydroxylation is 1. The van der Waals surface area contributed by atoms with E-state index >= 15 is 0 Å². The van der Waals surface area contributed by atoms with Crippen molar-refractivity contribution in [2.24, 2.45) is 4.99 Å². The second-order valence-corrected chi connectivity index (χ2v) is 7.33.